The minimum Gasteiger partial charge on any atom is -0.477 e. The highest BCUT2D eigenvalue weighted by Crippen LogP contribution is 2.30. The number of aromatic amines is 1. The van der Waals surface area contributed by atoms with Gasteiger partial charge in [0.05, 0.1) is 23.9 Å². The summed E-state index contributed by atoms with van der Waals surface area (Å²) in [6, 6.07) is 1.93. The lowest BCUT2D eigenvalue weighted by Gasteiger charge is -2.30. The number of H-pyrrole nitrogens is 1. The van der Waals surface area contributed by atoms with Gasteiger partial charge in [0.15, 0.2) is 5.52 Å². The van der Waals surface area contributed by atoms with Gasteiger partial charge in [0.25, 0.3) is 5.56 Å². The Morgan fingerprint density at radius 1 is 1.30 bits per heavy atom. The first-order chi connectivity index (χ1) is 15.9. The number of amides is 1. The minimum atomic E-state index is -0.902. The number of carbonyl (C=O) groups is 1. The molecule has 11 heteroatoms. The standard InChI is InChI=1S/C22H27IN6O4/c1-3-5-10-33-21-15(11-13(23)12-24-21)19-25-17-16(4-2)29(27-18(17)20(30)26-19)14-6-8-28(9-7-14)22(31)32/h11-12,14H,3-10H2,1-2H3,(H,31,32)(H,25,26,30). The van der Waals surface area contributed by atoms with Crippen LogP contribution in [0.1, 0.15) is 51.3 Å². The monoisotopic (exact) mass is 566 g/mol. The molecule has 2 N–H and O–H groups in total. The van der Waals surface area contributed by atoms with Crippen molar-refractivity contribution in [2.75, 3.05) is 19.7 Å². The van der Waals surface area contributed by atoms with Crippen molar-refractivity contribution >= 4 is 39.7 Å². The van der Waals surface area contributed by atoms with Crippen molar-refractivity contribution in [2.24, 2.45) is 0 Å². The topological polar surface area (TPSA) is 126 Å². The molecule has 176 valence electrons. The fraction of sp³-hybridized carbons (Fsp3) is 0.500. The highest BCUT2D eigenvalue weighted by Gasteiger charge is 2.27. The van der Waals surface area contributed by atoms with Crippen LogP contribution in [0.15, 0.2) is 17.1 Å². The van der Waals surface area contributed by atoms with E-state index in [0.717, 1.165) is 22.1 Å². The van der Waals surface area contributed by atoms with Gasteiger partial charge in [-0.3, -0.25) is 9.48 Å². The second-order valence-electron chi connectivity index (χ2n) is 8.07. The van der Waals surface area contributed by atoms with Crippen molar-refractivity contribution in [1.29, 1.82) is 0 Å². The number of hydrogen-bond acceptors (Lipinski definition) is 6. The van der Waals surface area contributed by atoms with Crippen LogP contribution in [0.4, 0.5) is 4.79 Å². The summed E-state index contributed by atoms with van der Waals surface area (Å²) in [7, 11) is 0. The summed E-state index contributed by atoms with van der Waals surface area (Å²) < 4.78 is 8.66. The van der Waals surface area contributed by atoms with E-state index in [1.165, 1.54) is 4.90 Å². The average molecular weight is 566 g/mol. The van der Waals surface area contributed by atoms with Crippen molar-refractivity contribution in [3.63, 3.8) is 0 Å². The highest BCUT2D eigenvalue weighted by molar-refractivity contribution is 14.1. The van der Waals surface area contributed by atoms with Crippen molar-refractivity contribution in [3.8, 4) is 17.3 Å². The number of unbranched alkanes of at least 4 members (excludes halogenated alkanes) is 1. The molecule has 33 heavy (non-hydrogen) atoms. The molecule has 1 aliphatic heterocycles. The van der Waals surface area contributed by atoms with E-state index in [2.05, 4.69) is 44.6 Å². The number of fused-ring (bicyclic) bond motifs is 1. The lowest BCUT2D eigenvalue weighted by molar-refractivity contribution is 0.123. The average Bonchev–Trinajstić information content (AvgIpc) is 3.19. The van der Waals surface area contributed by atoms with Gasteiger partial charge >= 0.3 is 6.09 Å². The number of likely N-dealkylation sites (tertiary alicyclic amines) is 1. The predicted octanol–water partition coefficient (Wildman–Crippen LogP) is 3.84. The van der Waals surface area contributed by atoms with E-state index in [4.69, 9.17) is 9.72 Å². The van der Waals surface area contributed by atoms with Crippen LogP contribution in [-0.4, -0.2) is 60.5 Å². The molecular weight excluding hydrogens is 539 g/mol. The van der Waals surface area contributed by atoms with Gasteiger partial charge in [-0.1, -0.05) is 20.3 Å². The van der Waals surface area contributed by atoms with Gasteiger partial charge in [0, 0.05) is 22.9 Å². The summed E-state index contributed by atoms with van der Waals surface area (Å²) >= 11 is 2.17. The molecular formula is C22H27IN6O4. The van der Waals surface area contributed by atoms with Gasteiger partial charge in [-0.05, 0) is 54.3 Å². The summed E-state index contributed by atoms with van der Waals surface area (Å²) in [6.07, 6.45) is 4.68. The molecule has 10 nitrogen and oxygen atoms in total. The molecule has 4 rings (SSSR count). The Bertz CT molecular complexity index is 1220. The van der Waals surface area contributed by atoms with Crippen LogP contribution in [0.5, 0.6) is 5.88 Å². The number of halogens is 1. The Hall–Kier alpha value is -2.70. The summed E-state index contributed by atoms with van der Waals surface area (Å²) in [6.45, 7) is 5.53. The normalized spacial score (nSPS) is 14.7. The van der Waals surface area contributed by atoms with Crippen LogP contribution in [-0.2, 0) is 6.42 Å². The maximum atomic E-state index is 13.0. The maximum absolute atomic E-state index is 13.0. The number of nitrogens with one attached hydrogen (secondary N) is 1. The van der Waals surface area contributed by atoms with E-state index in [-0.39, 0.29) is 11.6 Å². The molecule has 1 aliphatic rings. The summed E-state index contributed by atoms with van der Waals surface area (Å²) in [5.41, 5.74) is 2.06. The Kier molecular flexibility index (Phi) is 7.15. The third-order valence-electron chi connectivity index (χ3n) is 5.88. The smallest absolute Gasteiger partial charge is 0.407 e. The van der Waals surface area contributed by atoms with E-state index in [1.807, 2.05) is 17.7 Å². The fourth-order valence-corrected chi connectivity index (χ4v) is 4.57. The molecule has 0 aliphatic carbocycles. The second-order valence-corrected chi connectivity index (χ2v) is 9.31. The number of aromatic nitrogens is 5. The van der Waals surface area contributed by atoms with Crippen LogP contribution in [0.25, 0.3) is 22.4 Å². The summed E-state index contributed by atoms with van der Waals surface area (Å²) in [5.74, 6) is 0.845. The van der Waals surface area contributed by atoms with E-state index in [9.17, 15) is 14.7 Å². The maximum Gasteiger partial charge on any atom is 0.407 e. The first-order valence-corrected chi connectivity index (χ1v) is 12.3. The van der Waals surface area contributed by atoms with Crippen LogP contribution in [0, 0.1) is 3.57 Å². The zero-order chi connectivity index (χ0) is 23.5. The van der Waals surface area contributed by atoms with Gasteiger partial charge in [0.2, 0.25) is 5.88 Å². The van der Waals surface area contributed by atoms with Crippen LogP contribution < -0.4 is 10.3 Å². The largest absolute Gasteiger partial charge is 0.477 e. The molecule has 0 spiro atoms. The van der Waals surface area contributed by atoms with E-state index >= 15 is 0 Å². The van der Waals surface area contributed by atoms with Gasteiger partial charge in [-0.2, -0.15) is 5.10 Å². The van der Waals surface area contributed by atoms with Gasteiger partial charge in [-0.25, -0.2) is 14.8 Å². The van der Waals surface area contributed by atoms with Gasteiger partial charge < -0.3 is 19.7 Å². The first kappa shape index (κ1) is 23.5. The number of rotatable bonds is 7. The number of aryl methyl sites for hydroxylation is 1. The van der Waals surface area contributed by atoms with Crippen molar-refractivity contribution < 1.29 is 14.6 Å². The molecule has 1 saturated heterocycles. The van der Waals surface area contributed by atoms with E-state index < -0.39 is 6.09 Å². The zero-order valence-electron chi connectivity index (χ0n) is 18.7. The van der Waals surface area contributed by atoms with E-state index in [1.54, 1.807) is 6.20 Å². The SMILES string of the molecule is CCCCOc1ncc(I)cc1-c1nc2c(CC)n(C3CCN(C(=O)O)CC3)nc2c(=O)[nH]1. The highest BCUT2D eigenvalue weighted by atomic mass is 127. The quantitative estimate of drug-likeness (QED) is 0.329. The molecule has 4 heterocycles. The molecule has 1 amide bonds. The molecule has 3 aromatic heterocycles. The first-order valence-electron chi connectivity index (χ1n) is 11.2. The number of pyridine rings is 1. The van der Waals surface area contributed by atoms with Gasteiger partial charge in [0.1, 0.15) is 11.3 Å². The lowest BCUT2D eigenvalue weighted by atomic mass is 10.1. The van der Waals surface area contributed by atoms with Crippen molar-refractivity contribution in [3.05, 3.63) is 31.9 Å². The Morgan fingerprint density at radius 3 is 2.73 bits per heavy atom. The minimum absolute atomic E-state index is 0.0277. The van der Waals surface area contributed by atoms with Crippen molar-refractivity contribution in [2.45, 2.75) is 52.0 Å². The third-order valence-corrected chi connectivity index (χ3v) is 6.47. The number of piperidine rings is 1. The molecule has 0 unspecified atom stereocenters. The second kappa shape index (κ2) is 10.1. The third kappa shape index (κ3) is 4.82. The predicted molar refractivity (Wildman–Crippen MR) is 132 cm³/mol. The van der Waals surface area contributed by atoms with Crippen LogP contribution in [0.2, 0.25) is 0 Å². The van der Waals surface area contributed by atoms with Gasteiger partial charge in [-0.15, -0.1) is 0 Å². The number of ether oxygens (including phenoxy) is 1. The summed E-state index contributed by atoms with van der Waals surface area (Å²) in [4.78, 5) is 37.7. The van der Waals surface area contributed by atoms with Crippen LogP contribution in [0.3, 0.4) is 0 Å². The number of carboxylic acid groups (broad SMARTS) is 1. The lowest BCUT2D eigenvalue weighted by Crippen LogP contribution is -2.38. The van der Waals surface area contributed by atoms with Crippen LogP contribution >= 0.6 is 22.6 Å². The number of hydrogen-bond donors (Lipinski definition) is 2. The Balaban J connectivity index is 1.75. The molecule has 3 aromatic rings. The summed E-state index contributed by atoms with van der Waals surface area (Å²) in [5, 5.41) is 13.8. The fourth-order valence-electron chi connectivity index (χ4n) is 4.12. The Morgan fingerprint density at radius 2 is 2.06 bits per heavy atom. The number of nitrogens with zero attached hydrogens (tertiary/aromatic N) is 5. The molecule has 0 aromatic carbocycles. The Labute approximate surface area is 204 Å². The zero-order valence-corrected chi connectivity index (χ0v) is 20.8. The van der Waals surface area contributed by atoms with Crippen molar-refractivity contribution in [1.82, 2.24) is 29.6 Å². The molecule has 0 bridgehead atoms. The molecule has 0 atom stereocenters. The molecule has 0 radical (unpaired) electrons. The molecule has 1 fully saturated rings. The molecule has 0 saturated carbocycles. The van der Waals surface area contributed by atoms with E-state index in [0.29, 0.717) is 67.3 Å².